The number of carbonyl (C=O) groups excluding carboxylic acids is 1. The van der Waals surface area contributed by atoms with Gasteiger partial charge in [-0.25, -0.2) is 0 Å². The highest BCUT2D eigenvalue weighted by atomic mass is 16.5. The molecule has 1 radical (unpaired) electrons. The Morgan fingerprint density at radius 2 is 1.81 bits per heavy atom. The quantitative estimate of drug-likeness (QED) is 0.539. The molecule has 0 amide bonds. The van der Waals surface area contributed by atoms with Gasteiger partial charge in [-0.2, -0.15) is 0 Å². The van der Waals surface area contributed by atoms with Gasteiger partial charge in [0.25, 0.3) is 0 Å². The molecule has 0 atom stereocenters. The molecule has 1 aliphatic heterocycles. The molecule has 1 fully saturated rings. The number of Topliss-reactive ketones (excluding diaryl/α,β-unsaturated/α-hetero) is 1. The Morgan fingerprint density at radius 3 is 2.48 bits per heavy atom. The molecular formula is C18H26NO2. The maximum Gasteiger partial charge on any atom is 0.162 e. The molecule has 0 aliphatic carbocycles. The number of unbranched alkanes of at least 4 members (excludes halogenated alkanes) is 2. The van der Waals surface area contributed by atoms with Gasteiger partial charge in [-0.15, -0.1) is 0 Å². The van der Waals surface area contributed by atoms with Gasteiger partial charge < -0.3 is 9.64 Å². The number of rotatable bonds is 8. The van der Waals surface area contributed by atoms with Gasteiger partial charge in [-0.1, -0.05) is 6.42 Å². The predicted octanol–water partition coefficient (Wildman–Crippen LogP) is 3.74. The summed E-state index contributed by atoms with van der Waals surface area (Å²) in [7, 11) is 1.64. The molecule has 3 nitrogen and oxygen atoms in total. The van der Waals surface area contributed by atoms with Crippen LogP contribution in [0.2, 0.25) is 0 Å². The van der Waals surface area contributed by atoms with Crippen LogP contribution in [0.15, 0.2) is 24.3 Å². The Hall–Kier alpha value is -1.35. The lowest BCUT2D eigenvalue weighted by Gasteiger charge is -2.26. The molecule has 0 bridgehead atoms. The first kappa shape index (κ1) is 16.0. The summed E-state index contributed by atoms with van der Waals surface area (Å²) < 4.78 is 5.10. The molecule has 0 unspecified atom stereocenters. The lowest BCUT2D eigenvalue weighted by molar-refractivity contribution is 0.0978. The number of hydrogen-bond donors (Lipinski definition) is 0. The minimum absolute atomic E-state index is 0.241. The average Bonchev–Trinajstić information content (AvgIpc) is 2.55. The summed E-state index contributed by atoms with van der Waals surface area (Å²) in [6.45, 7) is 3.61. The molecule has 1 aliphatic rings. The molecule has 3 heteroatoms. The molecule has 2 rings (SSSR count). The maximum atomic E-state index is 12.1. The summed E-state index contributed by atoms with van der Waals surface area (Å²) >= 11 is 0. The van der Waals surface area contributed by atoms with Gasteiger partial charge in [0, 0.05) is 12.0 Å². The van der Waals surface area contributed by atoms with E-state index in [1.807, 2.05) is 24.3 Å². The number of hydrogen-bond acceptors (Lipinski definition) is 3. The summed E-state index contributed by atoms with van der Waals surface area (Å²) in [5.41, 5.74) is 0.794. The van der Waals surface area contributed by atoms with E-state index in [9.17, 15) is 4.79 Å². The summed E-state index contributed by atoms with van der Waals surface area (Å²) in [4.78, 5) is 14.6. The first-order chi connectivity index (χ1) is 10.3. The third-order valence-electron chi connectivity index (χ3n) is 4.09. The number of carbonyl (C=O) groups is 1. The van der Waals surface area contributed by atoms with Gasteiger partial charge in [-0.05, 0) is 76.0 Å². The third kappa shape index (κ3) is 5.50. The second-order valence-corrected chi connectivity index (χ2v) is 5.67. The fourth-order valence-corrected chi connectivity index (χ4v) is 2.75. The van der Waals surface area contributed by atoms with Crippen LogP contribution in [-0.4, -0.2) is 37.4 Å². The van der Waals surface area contributed by atoms with Crippen molar-refractivity contribution < 1.29 is 9.53 Å². The summed E-state index contributed by atoms with van der Waals surface area (Å²) in [6, 6.07) is 7.40. The smallest absolute Gasteiger partial charge is 0.162 e. The van der Waals surface area contributed by atoms with Crippen LogP contribution in [0.4, 0.5) is 0 Å². The molecule has 0 saturated carbocycles. The van der Waals surface area contributed by atoms with Crippen molar-refractivity contribution in [1.29, 1.82) is 0 Å². The van der Waals surface area contributed by atoms with Crippen molar-refractivity contribution in [2.75, 3.05) is 26.7 Å². The van der Waals surface area contributed by atoms with E-state index in [1.54, 1.807) is 7.11 Å². The monoisotopic (exact) mass is 288 g/mol. The van der Waals surface area contributed by atoms with Crippen LogP contribution in [0.3, 0.4) is 0 Å². The van der Waals surface area contributed by atoms with E-state index in [0.29, 0.717) is 6.42 Å². The van der Waals surface area contributed by atoms with E-state index in [2.05, 4.69) is 11.3 Å². The maximum absolute atomic E-state index is 12.1. The van der Waals surface area contributed by atoms with Crippen molar-refractivity contribution in [2.45, 2.75) is 38.5 Å². The first-order valence-electron chi connectivity index (χ1n) is 8.01. The van der Waals surface area contributed by atoms with Gasteiger partial charge >= 0.3 is 0 Å². The number of ether oxygens (including phenoxy) is 1. The number of nitrogens with zero attached hydrogens (tertiary/aromatic N) is 1. The third-order valence-corrected chi connectivity index (χ3v) is 4.09. The van der Waals surface area contributed by atoms with E-state index in [1.165, 1.54) is 38.9 Å². The Bertz CT molecular complexity index is 421. The van der Waals surface area contributed by atoms with Gasteiger partial charge in [0.05, 0.1) is 7.11 Å². The molecule has 1 heterocycles. The minimum atomic E-state index is 0.241. The molecule has 1 saturated heterocycles. The van der Waals surface area contributed by atoms with Crippen LogP contribution in [-0.2, 0) is 0 Å². The zero-order valence-corrected chi connectivity index (χ0v) is 13.0. The number of benzene rings is 1. The fourth-order valence-electron chi connectivity index (χ4n) is 2.75. The summed E-state index contributed by atoms with van der Waals surface area (Å²) in [5.74, 6) is 1.04. The van der Waals surface area contributed by atoms with E-state index in [-0.39, 0.29) is 5.78 Å². The lowest BCUT2D eigenvalue weighted by atomic mass is 10.0. The zero-order valence-electron chi connectivity index (χ0n) is 13.0. The molecule has 21 heavy (non-hydrogen) atoms. The van der Waals surface area contributed by atoms with Crippen LogP contribution in [0.25, 0.3) is 0 Å². The molecule has 0 spiro atoms. The number of methoxy groups -OCH3 is 1. The zero-order chi connectivity index (χ0) is 14.9. The minimum Gasteiger partial charge on any atom is -0.497 e. The fraction of sp³-hybridized carbons (Fsp3) is 0.556. The van der Waals surface area contributed by atoms with Crippen molar-refractivity contribution in [3.8, 4) is 5.75 Å². The van der Waals surface area contributed by atoms with Crippen molar-refractivity contribution in [1.82, 2.24) is 4.90 Å². The van der Waals surface area contributed by atoms with E-state index in [4.69, 9.17) is 4.74 Å². The first-order valence-corrected chi connectivity index (χ1v) is 8.01. The van der Waals surface area contributed by atoms with E-state index in [0.717, 1.165) is 24.2 Å². The molecule has 1 aromatic rings. The highest BCUT2D eigenvalue weighted by Crippen LogP contribution is 2.15. The summed E-state index contributed by atoms with van der Waals surface area (Å²) in [6.07, 6.45) is 8.83. The molecular weight excluding hydrogens is 262 g/mol. The number of piperidine rings is 1. The number of ketones is 1. The van der Waals surface area contributed by atoms with Crippen molar-refractivity contribution in [2.24, 2.45) is 0 Å². The summed E-state index contributed by atoms with van der Waals surface area (Å²) in [5, 5.41) is 0. The Kier molecular flexibility index (Phi) is 6.74. The molecule has 0 N–H and O–H groups in total. The highest BCUT2D eigenvalue weighted by Gasteiger charge is 2.10. The standard InChI is InChI=1S/C18H26NO2/c1-21-17-11-9-16(10-12-17)18(20)8-4-2-5-13-19-14-6-3-7-15-19/h3,9-12H,2,4-8,13-15H2,1H3. The van der Waals surface area contributed by atoms with E-state index >= 15 is 0 Å². The van der Waals surface area contributed by atoms with Gasteiger partial charge in [0.2, 0.25) is 0 Å². The Morgan fingerprint density at radius 1 is 1.10 bits per heavy atom. The number of likely N-dealkylation sites (tertiary alicyclic amines) is 1. The van der Waals surface area contributed by atoms with Gasteiger partial charge in [0.1, 0.15) is 5.75 Å². The van der Waals surface area contributed by atoms with Crippen molar-refractivity contribution in [3.05, 3.63) is 36.2 Å². The molecule has 1 aromatic carbocycles. The second kappa shape index (κ2) is 8.83. The molecule has 0 aromatic heterocycles. The van der Waals surface area contributed by atoms with Gasteiger partial charge in [0.15, 0.2) is 5.78 Å². The van der Waals surface area contributed by atoms with Crippen LogP contribution in [0.5, 0.6) is 5.75 Å². The highest BCUT2D eigenvalue weighted by molar-refractivity contribution is 5.96. The topological polar surface area (TPSA) is 29.5 Å². The van der Waals surface area contributed by atoms with Crippen molar-refractivity contribution in [3.63, 3.8) is 0 Å². The van der Waals surface area contributed by atoms with Crippen LogP contribution >= 0.6 is 0 Å². The Labute approximate surface area is 128 Å². The predicted molar refractivity (Wildman–Crippen MR) is 85.8 cm³/mol. The van der Waals surface area contributed by atoms with E-state index < -0.39 is 0 Å². The normalized spacial score (nSPS) is 15.9. The van der Waals surface area contributed by atoms with Gasteiger partial charge in [-0.3, -0.25) is 4.79 Å². The van der Waals surface area contributed by atoms with Crippen LogP contribution in [0, 0.1) is 6.42 Å². The van der Waals surface area contributed by atoms with Crippen LogP contribution in [0.1, 0.15) is 48.9 Å². The van der Waals surface area contributed by atoms with Crippen LogP contribution < -0.4 is 4.74 Å². The second-order valence-electron chi connectivity index (χ2n) is 5.67. The average molecular weight is 288 g/mol. The molecule has 115 valence electrons. The lowest BCUT2D eigenvalue weighted by Crippen LogP contribution is -2.30. The SMILES string of the molecule is COc1ccc(C(=O)CCCCCN2CC[CH]CC2)cc1. The Balaban J connectivity index is 1.60. The van der Waals surface area contributed by atoms with Crippen molar-refractivity contribution >= 4 is 5.78 Å². The largest absolute Gasteiger partial charge is 0.497 e.